The van der Waals surface area contributed by atoms with E-state index in [2.05, 4.69) is 15.9 Å². The zero-order chi connectivity index (χ0) is 20.2. The van der Waals surface area contributed by atoms with Crippen LogP contribution in [0.15, 0.2) is 99.1 Å². The van der Waals surface area contributed by atoms with Crippen molar-refractivity contribution in [1.29, 1.82) is 0 Å². The number of hydrogen-bond acceptors (Lipinski definition) is 3. The largest absolute Gasteiger partial charge is 0.272 e. The highest BCUT2D eigenvalue weighted by molar-refractivity contribution is 9.10. The summed E-state index contributed by atoms with van der Waals surface area (Å²) in [6, 6.07) is 24.8. The standard InChI is InChI=1S/C23H14BrNO3S/c24-17-9-11-18(12-10-17)29(27,28)25-22-8-4-3-7-19(22)20-13-15-5-1-2-6-16(15)14-21(20)23(25)26/h1-14H. The first kappa shape index (κ1) is 18.1. The van der Waals surface area contributed by atoms with E-state index in [9.17, 15) is 13.2 Å². The lowest BCUT2D eigenvalue weighted by atomic mass is 10.0. The average Bonchev–Trinajstić information content (AvgIpc) is 2.73. The van der Waals surface area contributed by atoms with E-state index in [1.165, 1.54) is 12.1 Å². The van der Waals surface area contributed by atoms with Crippen molar-refractivity contribution in [2.45, 2.75) is 4.90 Å². The first-order valence-corrected chi connectivity index (χ1v) is 11.2. The number of rotatable bonds is 2. The van der Waals surface area contributed by atoms with Gasteiger partial charge >= 0.3 is 0 Å². The first-order valence-electron chi connectivity index (χ1n) is 8.94. The van der Waals surface area contributed by atoms with E-state index < -0.39 is 15.6 Å². The van der Waals surface area contributed by atoms with Gasteiger partial charge in [-0.2, -0.15) is 3.97 Å². The van der Waals surface area contributed by atoms with Gasteiger partial charge in [0.25, 0.3) is 15.6 Å². The van der Waals surface area contributed by atoms with Gasteiger partial charge in [0.05, 0.1) is 10.4 Å². The summed E-state index contributed by atoms with van der Waals surface area (Å²) in [7, 11) is -4.07. The summed E-state index contributed by atoms with van der Waals surface area (Å²) in [5.74, 6) is 0. The fraction of sp³-hybridized carbons (Fsp3) is 0. The molecular weight excluding hydrogens is 450 g/mol. The van der Waals surface area contributed by atoms with Crippen LogP contribution in [0, 0.1) is 0 Å². The molecule has 29 heavy (non-hydrogen) atoms. The van der Waals surface area contributed by atoms with Gasteiger partial charge in [-0.15, -0.1) is 0 Å². The molecule has 0 atom stereocenters. The maximum Gasteiger partial charge on any atom is 0.272 e. The van der Waals surface area contributed by atoms with Gasteiger partial charge in [0.2, 0.25) is 0 Å². The molecule has 0 saturated carbocycles. The van der Waals surface area contributed by atoms with Crippen molar-refractivity contribution in [3.8, 4) is 0 Å². The molecule has 0 fully saturated rings. The van der Waals surface area contributed by atoms with Crippen molar-refractivity contribution in [2.24, 2.45) is 0 Å². The number of aromatic nitrogens is 1. The zero-order valence-corrected chi connectivity index (χ0v) is 17.4. The van der Waals surface area contributed by atoms with Crippen LogP contribution < -0.4 is 5.56 Å². The van der Waals surface area contributed by atoms with Gasteiger partial charge in [0, 0.05) is 15.2 Å². The van der Waals surface area contributed by atoms with Gasteiger partial charge in [0.1, 0.15) is 0 Å². The number of hydrogen-bond donors (Lipinski definition) is 0. The Morgan fingerprint density at radius 3 is 1.97 bits per heavy atom. The van der Waals surface area contributed by atoms with Gasteiger partial charge in [-0.3, -0.25) is 4.79 Å². The molecule has 0 aliphatic heterocycles. The molecule has 0 aliphatic carbocycles. The van der Waals surface area contributed by atoms with Gasteiger partial charge in [-0.25, -0.2) is 8.42 Å². The van der Waals surface area contributed by atoms with Crippen LogP contribution in [0.1, 0.15) is 0 Å². The quantitative estimate of drug-likeness (QED) is 0.263. The van der Waals surface area contributed by atoms with Crippen molar-refractivity contribution in [2.75, 3.05) is 0 Å². The summed E-state index contributed by atoms with van der Waals surface area (Å²) in [6.45, 7) is 0. The average molecular weight is 464 g/mol. The maximum atomic E-state index is 13.4. The van der Waals surface area contributed by atoms with E-state index in [1.54, 1.807) is 30.3 Å². The zero-order valence-electron chi connectivity index (χ0n) is 15.0. The van der Waals surface area contributed by atoms with Crippen molar-refractivity contribution in [3.05, 3.63) is 99.8 Å². The fourth-order valence-corrected chi connectivity index (χ4v) is 5.38. The smallest absolute Gasteiger partial charge is 0.268 e. The number of pyridine rings is 1. The van der Waals surface area contributed by atoms with Gasteiger partial charge < -0.3 is 0 Å². The van der Waals surface area contributed by atoms with Crippen molar-refractivity contribution >= 4 is 58.4 Å². The van der Waals surface area contributed by atoms with E-state index in [1.807, 2.05) is 42.5 Å². The monoisotopic (exact) mass is 463 g/mol. The lowest BCUT2D eigenvalue weighted by Gasteiger charge is -2.14. The van der Waals surface area contributed by atoms with E-state index in [0.29, 0.717) is 16.3 Å². The molecule has 1 aromatic heterocycles. The third kappa shape index (κ3) is 2.79. The van der Waals surface area contributed by atoms with E-state index in [0.717, 1.165) is 24.6 Å². The molecule has 142 valence electrons. The molecule has 4 aromatic carbocycles. The summed E-state index contributed by atoms with van der Waals surface area (Å²) in [5, 5.41) is 3.72. The molecule has 0 radical (unpaired) electrons. The minimum atomic E-state index is -4.07. The molecule has 4 nitrogen and oxygen atoms in total. The number of benzene rings is 4. The van der Waals surface area contributed by atoms with Crippen LogP contribution in [0.3, 0.4) is 0 Å². The molecule has 0 bridgehead atoms. The molecule has 5 rings (SSSR count). The molecule has 0 unspecified atom stereocenters. The van der Waals surface area contributed by atoms with Crippen molar-refractivity contribution < 1.29 is 8.42 Å². The van der Waals surface area contributed by atoms with Crippen molar-refractivity contribution in [1.82, 2.24) is 3.97 Å². The summed E-state index contributed by atoms with van der Waals surface area (Å²) in [6.07, 6.45) is 0. The maximum absolute atomic E-state index is 13.4. The normalized spacial score (nSPS) is 12.0. The Morgan fingerprint density at radius 2 is 1.28 bits per heavy atom. The van der Waals surface area contributed by atoms with Crippen molar-refractivity contribution in [3.63, 3.8) is 0 Å². The second-order valence-corrected chi connectivity index (χ2v) is 9.49. The molecule has 0 N–H and O–H groups in total. The molecule has 5 aromatic rings. The Balaban J connectivity index is 1.97. The third-order valence-corrected chi connectivity index (χ3v) is 7.31. The highest BCUT2D eigenvalue weighted by Crippen LogP contribution is 2.29. The molecule has 0 spiro atoms. The lowest BCUT2D eigenvalue weighted by molar-refractivity contribution is 0.587. The number of halogens is 1. The Labute approximate surface area is 175 Å². The second kappa shape index (κ2) is 6.54. The van der Waals surface area contributed by atoms with E-state index in [4.69, 9.17) is 0 Å². The predicted molar refractivity (Wildman–Crippen MR) is 120 cm³/mol. The lowest BCUT2D eigenvalue weighted by Crippen LogP contribution is -2.28. The number of para-hydroxylation sites is 1. The van der Waals surface area contributed by atoms with Gasteiger partial charge in [-0.1, -0.05) is 58.4 Å². The van der Waals surface area contributed by atoms with Crippen LogP contribution in [0.2, 0.25) is 0 Å². The van der Waals surface area contributed by atoms with Crippen LogP contribution in [0.25, 0.3) is 32.4 Å². The SMILES string of the molecule is O=c1c2cc3ccccc3cc2c2ccccc2n1S(=O)(=O)c1ccc(Br)cc1. The Hall–Kier alpha value is -2.96. The van der Waals surface area contributed by atoms with Gasteiger partial charge in [-0.05, 0) is 58.6 Å². The number of nitrogens with zero attached hydrogens (tertiary/aromatic N) is 1. The van der Waals surface area contributed by atoms with Gasteiger partial charge in [0.15, 0.2) is 0 Å². The Kier molecular flexibility index (Phi) is 4.08. The molecule has 6 heteroatoms. The Morgan fingerprint density at radius 1 is 0.690 bits per heavy atom. The van der Waals surface area contributed by atoms with Crippen LogP contribution in [0.4, 0.5) is 0 Å². The van der Waals surface area contributed by atoms with Crippen LogP contribution in [0.5, 0.6) is 0 Å². The van der Waals surface area contributed by atoms with Crippen LogP contribution >= 0.6 is 15.9 Å². The molecule has 0 saturated heterocycles. The summed E-state index contributed by atoms with van der Waals surface area (Å²) < 4.78 is 28.6. The van der Waals surface area contributed by atoms with E-state index in [-0.39, 0.29) is 4.90 Å². The fourth-order valence-electron chi connectivity index (χ4n) is 3.69. The highest BCUT2D eigenvalue weighted by Gasteiger charge is 2.23. The van der Waals surface area contributed by atoms with E-state index >= 15 is 0 Å². The molecular formula is C23H14BrNO3S. The molecule has 0 amide bonds. The number of fused-ring (bicyclic) bond motifs is 4. The summed E-state index contributed by atoms with van der Waals surface area (Å²) >= 11 is 3.31. The van der Waals surface area contributed by atoms with Crippen LogP contribution in [-0.4, -0.2) is 12.4 Å². The topological polar surface area (TPSA) is 56.1 Å². The predicted octanol–water partition coefficient (Wildman–Crippen LogP) is 5.31. The summed E-state index contributed by atoms with van der Waals surface area (Å²) in [4.78, 5) is 13.5. The molecule has 1 heterocycles. The highest BCUT2D eigenvalue weighted by atomic mass is 79.9. The summed E-state index contributed by atoms with van der Waals surface area (Å²) in [5.41, 5.74) is -0.185. The Bertz CT molecular complexity index is 1590. The van der Waals surface area contributed by atoms with Crippen LogP contribution in [-0.2, 0) is 10.0 Å². The first-order chi connectivity index (χ1) is 14.0. The third-order valence-electron chi connectivity index (χ3n) is 5.07. The second-order valence-electron chi connectivity index (χ2n) is 6.79. The minimum Gasteiger partial charge on any atom is -0.268 e. The molecule has 0 aliphatic rings. The minimum absolute atomic E-state index is 0.0630.